The van der Waals surface area contributed by atoms with Gasteiger partial charge in [-0.1, -0.05) is 27.7 Å². The number of aryl methyl sites for hydroxylation is 1. The Kier molecular flexibility index (Phi) is 4.07. The molecule has 7 heteroatoms. The van der Waals surface area contributed by atoms with Crippen molar-refractivity contribution in [1.82, 2.24) is 14.3 Å². The SMILES string of the molecule is CC(C)C(C)(C)CNS(=O)(=O)c1c(N)ncn1C. The summed E-state index contributed by atoms with van der Waals surface area (Å²) in [6.45, 7) is 8.52. The van der Waals surface area contributed by atoms with Crippen molar-refractivity contribution in [2.24, 2.45) is 18.4 Å². The highest BCUT2D eigenvalue weighted by Crippen LogP contribution is 2.25. The summed E-state index contributed by atoms with van der Waals surface area (Å²) >= 11 is 0. The third-order valence-electron chi connectivity index (χ3n) is 3.44. The zero-order chi connectivity index (χ0) is 14.1. The van der Waals surface area contributed by atoms with Gasteiger partial charge in [0.2, 0.25) is 0 Å². The first-order valence-corrected chi connectivity index (χ1v) is 7.32. The highest BCUT2D eigenvalue weighted by Gasteiger charge is 2.28. The molecule has 6 nitrogen and oxygen atoms in total. The van der Waals surface area contributed by atoms with Gasteiger partial charge in [0.05, 0.1) is 6.33 Å². The van der Waals surface area contributed by atoms with Crippen LogP contribution < -0.4 is 10.5 Å². The zero-order valence-electron chi connectivity index (χ0n) is 11.6. The van der Waals surface area contributed by atoms with E-state index in [1.165, 1.54) is 10.9 Å². The molecule has 0 unspecified atom stereocenters. The zero-order valence-corrected chi connectivity index (χ0v) is 12.4. The van der Waals surface area contributed by atoms with Crippen molar-refractivity contribution < 1.29 is 8.42 Å². The van der Waals surface area contributed by atoms with Gasteiger partial charge >= 0.3 is 0 Å². The molecule has 18 heavy (non-hydrogen) atoms. The third kappa shape index (κ3) is 3.02. The average Bonchev–Trinajstić information content (AvgIpc) is 2.56. The number of nitrogen functional groups attached to an aromatic ring is 1. The van der Waals surface area contributed by atoms with E-state index in [0.29, 0.717) is 12.5 Å². The first kappa shape index (κ1) is 15.0. The normalized spacial score (nSPS) is 13.2. The molecule has 1 heterocycles. The van der Waals surface area contributed by atoms with Gasteiger partial charge in [-0.05, 0) is 11.3 Å². The second kappa shape index (κ2) is 4.89. The molecule has 0 aromatic carbocycles. The number of nitrogens with two attached hydrogens (primary N) is 1. The van der Waals surface area contributed by atoms with E-state index in [9.17, 15) is 8.42 Å². The molecule has 3 N–H and O–H groups in total. The van der Waals surface area contributed by atoms with Crippen LogP contribution in [0, 0.1) is 11.3 Å². The molecular weight excluding hydrogens is 252 g/mol. The van der Waals surface area contributed by atoms with Gasteiger partial charge in [0.1, 0.15) is 0 Å². The minimum Gasteiger partial charge on any atom is -0.381 e. The van der Waals surface area contributed by atoms with E-state index in [4.69, 9.17) is 5.73 Å². The number of aromatic nitrogens is 2. The summed E-state index contributed by atoms with van der Waals surface area (Å²) in [5.74, 6) is 0.386. The van der Waals surface area contributed by atoms with Gasteiger partial charge < -0.3 is 10.3 Å². The fourth-order valence-electron chi connectivity index (χ4n) is 1.32. The van der Waals surface area contributed by atoms with Gasteiger partial charge in [-0.15, -0.1) is 0 Å². The van der Waals surface area contributed by atoms with Crippen LogP contribution in [0.3, 0.4) is 0 Å². The molecule has 1 aromatic heterocycles. The van der Waals surface area contributed by atoms with Crippen LogP contribution in [0.25, 0.3) is 0 Å². The molecular formula is C11H22N4O2S. The molecule has 104 valence electrons. The smallest absolute Gasteiger partial charge is 0.260 e. The molecule has 0 saturated heterocycles. The lowest BCUT2D eigenvalue weighted by molar-refractivity contribution is 0.252. The van der Waals surface area contributed by atoms with E-state index in [-0.39, 0.29) is 16.3 Å². The summed E-state index contributed by atoms with van der Waals surface area (Å²) < 4.78 is 28.3. The Morgan fingerprint density at radius 3 is 2.44 bits per heavy atom. The number of hydrogen-bond donors (Lipinski definition) is 2. The molecule has 0 bridgehead atoms. The van der Waals surface area contributed by atoms with Crippen molar-refractivity contribution in [3.63, 3.8) is 0 Å². The van der Waals surface area contributed by atoms with Gasteiger partial charge in [-0.2, -0.15) is 0 Å². The maximum Gasteiger partial charge on any atom is 0.260 e. The van der Waals surface area contributed by atoms with Crippen LogP contribution in [0.15, 0.2) is 11.4 Å². The van der Waals surface area contributed by atoms with E-state index in [2.05, 4.69) is 23.6 Å². The van der Waals surface area contributed by atoms with Crippen LogP contribution in [0.5, 0.6) is 0 Å². The molecule has 0 radical (unpaired) electrons. The second-order valence-corrected chi connectivity index (χ2v) is 7.20. The fraction of sp³-hybridized carbons (Fsp3) is 0.727. The topological polar surface area (TPSA) is 90.0 Å². The monoisotopic (exact) mass is 274 g/mol. The Hall–Kier alpha value is -1.08. The number of imidazole rings is 1. The Bertz CT molecular complexity index is 498. The third-order valence-corrected chi connectivity index (χ3v) is 4.98. The molecule has 0 fully saturated rings. The van der Waals surface area contributed by atoms with Crippen molar-refractivity contribution in [1.29, 1.82) is 0 Å². The number of nitrogens with one attached hydrogen (secondary N) is 1. The quantitative estimate of drug-likeness (QED) is 0.837. The van der Waals surface area contributed by atoms with E-state index >= 15 is 0 Å². The molecule has 0 spiro atoms. The van der Waals surface area contributed by atoms with Crippen LogP contribution in [-0.4, -0.2) is 24.5 Å². The van der Waals surface area contributed by atoms with E-state index < -0.39 is 10.0 Å². The fourth-order valence-corrected chi connectivity index (χ4v) is 2.77. The summed E-state index contributed by atoms with van der Waals surface area (Å²) in [5.41, 5.74) is 5.45. The molecule has 1 rings (SSSR count). The minimum absolute atomic E-state index is 0.0158. The summed E-state index contributed by atoms with van der Waals surface area (Å²) in [4.78, 5) is 3.78. The number of rotatable bonds is 5. The molecule has 0 aliphatic heterocycles. The first-order valence-electron chi connectivity index (χ1n) is 5.84. The minimum atomic E-state index is -3.62. The van der Waals surface area contributed by atoms with E-state index in [1.54, 1.807) is 7.05 Å². The average molecular weight is 274 g/mol. The van der Waals surface area contributed by atoms with Crippen LogP contribution in [0.1, 0.15) is 27.7 Å². The first-order chi connectivity index (χ1) is 8.08. The lowest BCUT2D eigenvalue weighted by Gasteiger charge is -2.29. The van der Waals surface area contributed by atoms with Gasteiger partial charge in [-0.25, -0.2) is 18.1 Å². The van der Waals surface area contributed by atoms with E-state index in [1.807, 2.05) is 13.8 Å². The van der Waals surface area contributed by atoms with Crippen molar-refractivity contribution >= 4 is 15.8 Å². The standard InChI is InChI=1S/C11H22N4O2S/c1-8(2)11(3,4)6-14-18(16,17)10-9(12)13-7-15(10)5/h7-8,14H,6,12H2,1-5H3. The predicted molar refractivity (Wildman–Crippen MR) is 71.4 cm³/mol. The maximum absolute atomic E-state index is 12.2. The van der Waals surface area contributed by atoms with Crippen molar-refractivity contribution in [2.45, 2.75) is 32.7 Å². The Morgan fingerprint density at radius 2 is 2.06 bits per heavy atom. The van der Waals surface area contributed by atoms with Gasteiger partial charge in [0.15, 0.2) is 10.8 Å². The van der Waals surface area contributed by atoms with Crippen molar-refractivity contribution in [3.8, 4) is 0 Å². The van der Waals surface area contributed by atoms with Crippen molar-refractivity contribution in [2.75, 3.05) is 12.3 Å². The van der Waals surface area contributed by atoms with Crippen LogP contribution >= 0.6 is 0 Å². The Balaban J connectivity index is 2.91. The van der Waals surface area contributed by atoms with Gasteiger partial charge in [0.25, 0.3) is 10.0 Å². The number of nitrogens with zero attached hydrogens (tertiary/aromatic N) is 2. The molecule has 0 atom stereocenters. The number of hydrogen-bond acceptors (Lipinski definition) is 4. The summed E-state index contributed by atoms with van der Waals surface area (Å²) in [5, 5.41) is 0.0158. The van der Waals surface area contributed by atoms with Gasteiger partial charge in [-0.3, -0.25) is 0 Å². The summed E-state index contributed by atoms with van der Waals surface area (Å²) in [7, 11) is -2.02. The molecule has 0 amide bonds. The molecule has 0 aliphatic rings. The molecule has 0 saturated carbocycles. The lowest BCUT2D eigenvalue weighted by atomic mass is 9.81. The number of sulfonamides is 1. The van der Waals surface area contributed by atoms with Crippen LogP contribution in [0.4, 0.5) is 5.82 Å². The predicted octanol–water partition coefficient (Wildman–Crippen LogP) is 0.963. The van der Waals surface area contributed by atoms with Crippen LogP contribution in [0.2, 0.25) is 0 Å². The number of anilines is 1. The van der Waals surface area contributed by atoms with E-state index in [0.717, 1.165) is 0 Å². The second-order valence-electron chi connectivity index (χ2n) is 5.51. The summed E-state index contributed by atoms with van der Waals surface area (Å²) in [6.07, 6.45) is 1.39. The van der Waals surface area contributed by atoms with Crippen molar-refractivity contribution in [3.05, 3.63) is 6.33 Å². The van der Waals surface area contributed by atoms with Crippen LogP contribution in [-0.2, 0) is 17.1 Å². The molecule has 0 aliphatic carbocycles. The molecule has 1 aromatic rings. The largest absolute Gasteiger partial charge is 0.381 e. The van der Waals surface area contributed by atoms with Gasteiger partial charge in [0, 0.05) is 13.6 Å². The Labute approximate surface area is 109 Å². The maximum atomic E-state index is 12.2. The highest BCUT2D eigenvalue weighted by molar-refractivity contribution is 7.89. The summed E-state index contributed by atoms with van der Waals surface area (Å²) in [6, 6.07) is 0. The highest BCUT2D eigenvalue weighted by atomic mass is 32.2. The Morgan fingerprint density at radius 1 is 1.50 bits per heavy atom. The lowest BCUT2D eigenvalue weighted by Crippen LogP contribution is -2.37.